The molecule has 0 aliphatic carbocycles. The summed E-state index contributed by atoms with van der Waals surface area (Å²) in [6.07, 6.45) is -0.582. The van der Waals surface area contributed by atoms with Crippen LogP contribution in [0.2, 0.25) is 0 Å². The fourth-order valence-electron chi connectivity index (χ4n) is 1.80. The summed E-state index contributed by atoms with van der Waals surface area (Å²) in [5.41, 5.74) is 10.4. The molecule has 26 heavy (non-hydrogen) atoms. The predicted molar refractivity (Wildman–Crippen MR) is 95.0 cm³/mol. The minimum atomic E-state index is -1.49. The minimum absolute atomic E-state index is 0.0944. The highest BCUT2D eigenvalue weighted by Crippen LogP contribution is 2.02. The SMILES string of the molecule is CC(C)C(NC(=O)C(N)CS)C(=O)NCC(=O)NC(CC(N)=O)C(=O)O. The van der Waals surface area contributed by atoms with Crippen LogP contribution in [0, 0.1) is 5.92 Å². The van der Waals surface area contributed by atoms with Crippen molar-refractivity contribution >= 4 is 42.2 Å². The first-order chi connectivity index (χ1) is 12.0. The van der Waals surface area contributed by atoms with Gasteiger partial charge < -0.3 is 32.5 Å². The van der Waals surface area contributed by atoms with Crippen molar-refractivity contribution in [2.45, 2.75) is 38.4 Å². The number of carboxylic acids is 1. The lowest BCUT2D eigenvalue weighted by Gasteiger charge is -2.23. The maximum atomic E-state index is 12.2. The van der Waals surface area contributed by atoms with E-state index in [1.165, 1.54) is 0 Å². The molecule has 8 N–H and O–H groups in total. The van der Waals surface area contributed by atoms with E-state index in [2.05, 4.69) is 28.6 Å². The number of aliphatic carboxylic acids is 1. The molecular weight excluding hydrogens is 366 g/mol. The van der Waals surface area contributed by atoms with Crippen LogP contribution in [0.15, 0.2) is 0 Å². The van der Waals surface area contributed by atoms with Gasteiger partial charge in [0.05, 0.1) is 19.0 Å². The molecule has 3 atom stereocenters. The summed E-state index contributed by atoms with van der Waals surface area (Å²) in [7, 11) is 0. The fraction of sp³-hybridized carbons (Fsp3) is 0.643. The van der Waals surface area contributed by atoms with Gasteiger partial charge in [-0.2, -0.15) is 12.6 Å². The van der Waals surface area contributed by atoms with Crippen LogP contribution < -0.4 is 27.4 Å². The van der Waals surface area contributed by atoms with Crippen LogP contribution in [0.5, 0.6) is 0 Å². The Balaban J connectivity index is 4.71. The van der Waals surface area contributed by atoms with Gasteiger partial charge in [-0.15, -0.1) is 0 Å². The third kappa shape index (κ3) is 8.67. The fourth-order valence-corrected chi connectivity index (χ4v) is 1.97. The molecule has 0 rings (SSSR count). The molecule has 3 unspecified atom stereocenters. The first kappa shape index (κ1) is 23.7. The van der Waals surface area contributed by atoms with Gasteiger partial charge in [0.25, 0.3) is 0 Å². The number of nitrogens with one attached hydrogen (secondary N) is 3. The Morgan fingerprint density at radius 1 is 1.08 bits per heavy atom. The van der Waals surface area contributed by atoms with E-state index in [9.17, 15) is 24.0 Å². The highest BCUT2D eigenvalue weighted by Gasteiger charge is 2.27. The van der Waals surface area contributed by atoms with Crippen LogP contribution in [-0.4, -0.2) is 65.1 Å². The lowest BCUT2D eigenvalue weighted by Crippen LogP contribution is -2.55. The van der Waals surface area contributed by atoms with Crippen molar-refractivity contribution in [3.8, 4) is 0 Å². The molecule has 0 saturated carbocycles. The molecule has 0 aliphatic rings. The molecule has 0 aliphatic heterocycles. The van der Waals surface area contributed by atoms with Gasteiger partial charge in [-0.25, -0.2) is 4.79 Å². The van der Waals surface area contributed by atoms with Gasteiger partial charge in [0, 0.05) is 5.75 Å². The topological polar surface area (TPSA) is 194 Å². The predicted octanol–water partition coefficient (Wildman–Crippen LogP) is -3.05. The maximum Gasteiger partial charge on any atom is 0.326 e. The summed E-state index contributed by atoms with van der Waals surface area (Å²) >= 11 is 3.90. The van der Waals surface area contributed by atoms with E-state index >= 15 is 0 Å². The second-order valence-electron chi connectivity index (χ2n) is 5.87. The van der Waals surface area contributed by atoms with Gasteiger partial charge in [-0.1, -0.05) is 13.8 Å². The molecule has 148 valence electrons. The molecular formula is C14H25N5O6S. The summed E-state index contributed by atoms with van der Waals surface area (Å²) in [4.78, 5) is 57.5. The number of carbonyl (C=O) groups is 5. The maximum absolute atomic E-state index is 12.2. The lowest BCUT2D eigenvalue weighted by atomic mass is 10.0. The molecule has 0 fully saturated rings. The first-order valence-corrected chi connectivity index (χ1v) is 8.37. The van der Waals surface area contributed by atoms with Gasteiger partial charge in [0.1, 0.15) is 12.1 Å². The molecule has 12 heteroatoms. The third-order valence-corrected chi connectivity index (χ3v) is 3.64. The molecule has 0 heterocycles. The van der Waals surface area contributed by atoms with Crippen LogP contribution in [0.25, 0.3) is 0 Å². The van der Waals surface area contributed by atoms with Crippen LogP contribution in [0.1, 0.15) is 20.3 Å². The minimum Gasteiger partial charge on any atom is -0.480 e. The Morgan fingerprint density at radius 2 is 1.65 bits per heavy atom. The third-order valence-electron chi connectivity index (χ3n) is 3.24. The molecule has 0 radical (unpaired) electrons. The molecule has 0 saturated heterocycles. The van der Waals surface area contributed by atoms with Crippen LogP contribution in [0.4, 0.5) is 0 Å². The highest BCUT2D eigenvalue weighted by atomic mass is 32.1. The molecule has 0 bridgehead atoms. The summed E-state index contributed by atoms with van der Waals surface area (Å²) in [5.74, 6) is -4.57. The Bertz CT molecular complexity index is 556. The van der Waals surface area contributed by atoms with E-state index in [4.69, 9.17) is 16.6 Å². The quantitative estimate of drug-likeness (QED) is 0.182. The van der Waals surface area contributed by atoms with Crippen molar-refractivity contribution in [2.24, 2.45) is 17.4 Å². The molecule has 4 amide bonds. The Hall–Kier alpha value is -2.34. The zero-order valence-corrected chi connectivity index (χ0v) is 15.4. The highest BCUT2D eigenvalue weighted by molar-refractivity contribution is 7.80. The number of primary amides is 1. The second-order valence-corrected chi connectivity index (χ2v) is 6.23. The molecule has 11 nitrogen and oxygen atoms in total. The second kappa shape index (κ2) is 11.3. The average Bonchev–Trinajstić information content (AvgIpc) is 2.54. The summed E-state index contributed by atoms with van der Waals surface area (Å²) in [6, 6.07) is -3.33. The standard InChI is InChI=1S/C14H25N5O6S/c1-6(2)11(19-12(22)7(15)5-26)13(23)17-4-10(21)18-8(14(24)25)3-9(16)20/h6-8,11,26H,3-5,15H2,1-2H3,(H2,16,20)(H,17,23)(H,18,21)(H,19,22)(H,24,25). The van der Waals surface area contributed by atoms with Crippen molar-refractivity contribution in [3.63, 3.8) is 0 Å². The van der Waals surface area contributed by atoms with E-state index in [0.29, 0.717) is 0 Å². The monoisotopic (exact) mass is 391 g/mol. The van der Waals surface area contributed by atoms with E-state index in [1.807, 2.05) is 0 Å². The Kier molecular flexibility index (Phi) is 10.3. The van der Waals surface area contributed by atoms with Crippen LogP contribution in [-0.2, 0) is 24.0 Å². The van der Waals surface area contributed by atoms with Crippen LogP contribution >= 0.6 is 12.6 Å². The van der Waals surface area contributed by atoms with Gasteiger partial charge in [-0.3, -0.25) is 19.2 Å². The number of nitrogens with two attached hydrogens (primary N) is 2. The average molecular weight is 391 g/mol. The summed E-state index contributed by atoms with van der Waals surface area (Å²) < 4.78 is 0. The van der Waals surface area contributed by atoms with Crippen LogP contribution in [0.3, 0.4) is 0 Å². The van der Waals surface area contributed by atoms with Gasteiger partial charge in [-0.05, 0) is 5.92 Å². The largest absolute Gasteiger partial charge is 0.480 e. The number of rotatable bonds is 11. The van der Waals surface area contributed by atoms with Gasteiger partial charge in [0.15, 0.2) is 0 Å². The molecule has 0 aromatic heterocycles. The Morgan fingerprint density at radius 3 is 2.08 bits per heavy atom. The van der Waals surface area contributed by atoms with E-state index in [1.54, 1.807) is 13.8 Å². The first-order valence-electron chi connectivity index (χ1n) is 7.74. The summed E-state index contributed by atoms with van der Waals surface area (Å²) in [5, 5.41) is 15.7. The zero-order valence-electron chi connectivity index (χ0n) is 14.5. The number of hydrogen-bond donors (Lipinski definition) is 7. The Labute approximate surface area is 156 Å². The number of amides is 4. The van der Waals surface area contributed by atoms with Crippen molar-refractivity contribution < 1.29 is 29.1 Å². The lowest BCUT2D eigenvalue weighted by molar-refractivity contribution is -0.143. The van der Waals surface area contributed by atoms with Crippen molar-refractivity contribution in [1.82, 2.24) is 16.0 Å². The van der Waals surface area contributed by atoms with Crippen molar-refractivity contribution in [3.05, 3.63) is 0 Å². The van der Waals surface area contributed by atoms with E-state index in [0.717, 1.165) is 0 Å². The molecule has 0 aromatic carbocycles. The van der Waals surface area contributed by atoms with E-state index in [-0.39, 0.29) is 11.7 Å². The van der Waals surface area contributed by atoms with Gasteiger partial charge in [0.2, 0.25) is 23.6 Å². The van der Waals surface area contributed by atoms with Gasteiger partial charge >= 0.3 is 5.97 Å². The van der Waals surface area contributed by atoms with Crippen molar-refractivity contribution in [2.75, 3.05) is 12.3 Å². The normalized spacial score (nSPS) is 14.0. The number of carboxylic acid groups (broad SMARTS) is 1. The smallest absolute Gasteiger partial charge is 0.326 e. The number of thiol groups is 1. The molecule has 0 spiro atoms. The van der Waals surface area contributed by atoms with Crippen molar-refractivity contribution in [1.29, 1.82) is 0 Å². The van der Waals surface area contributed by atoms with E-state index < -0.39 is 60.7 Å². The molecule has 0 aromatic rings. The summed E-state index contributed by atoms with van der Waals surface area (Å²) in [6.45, 7) is 2.83. The number of carbonyl (C=O) groups excluding carboxylic acids is 4. The number of hydrogen-bond acceptors (Lipinski definition) is 7. The zero-order chi connectivity index (χ0) is 20.4.